The third kappa shape index (κ3) is 3.83. The van der Waals surface area contributed by atoms with Crippen LogP contribution in [-0.2, 0) is 4.79 Å². The minimum atomic E-state index is -0.534. The van der Waals surface area contributed by atoms with Crippen LogP contribution in [-0.4, -0.2) is 5.78 Å². The Morgan fingerprint density at radius 3 is 2.53 bits per heavy atom. The molecule has 0 aliphatic heterocycles. The van der Waals surface area contributed by atoms with E-state index in [-0.39, 0.29) is 11.4 Å². The lowest BCUT2D eigenvalue weighted by atomic mass is 9.86. The second-order valence-corrected chi connectivity index (χ2v) is 5.72. The van der Waals surface area contributed by atoms with Crippen LogP contribution in [0.1, 0.15) is 26.3 Å². The number of halogens is 1. The van der Waals surface area contributed by atoms with Crippen LogP contribution < -0.4 is 0 Å². The maximum atomic E-state index is 12.0. The number of nitriles is 1. The summed E-state index contributed by atoms with van der Waals surface area (Å²) in [5.41, 5.74) is 0.497. The maximum Gasteiger partial charge on any atom is 0.178 e. The average molecular weight is 292 g/mol. The lowest BCUT2D eigenvalue weighted by Crippen LogP contribution is -2.21. The molecule has 1 aromatic carbocycles. The fourth-order valence-corrected chi connectivity index (χ4v) is 1.73. The predicted octanol–water partition coefficient (Wildman–Crippen LogP) is 3.97. The highest BCUT2D eigenvalue weighted by molar-refractivity contribution is 9.10. The zero-order valence-electron chi connectivity index (χ0n) is 10.1. The summed E-state index contributed by atoms with van der Waals surface area (Å²) in [6.45, 7) is 5.42. The number of allylic oxidation sites excluding steroid dienone is 1. The minimum absolute atomic E-state index is 0.139. The van der Waals surface area contributed by atoms with E-state index in [9.17, 15) is 4.79 Å². The zero-order valence-corrected chi connectivity index (χ0v) is 11.7. The van der Waals surface area contributed by atoms with Crippen LogP contribution >= 0.6 is 15.9 Å². The number of rotatable bonds is 2. The summed E-state index contributed by atoms with van der Waals surface area (Å²) in [5.74, 6) is -0.139. The van der Waals surface area contributed by atoms with Crippen LogP contribution in [0.15, 0.2) is 34.3 Å². The number of nitrogens with zero attached hydrogens (tertiary/aromatic N) is 1. The summed E-state index contributed by atoms with van der Waals surface area (Å²) < 4.78 is 0.923. The second-order valence-electron chi connectivity index (χ2n) is 4.80. The molecule has 0 spiro atoms. The van der Waals surface area contributed by atoms with E-state index in [0.29, 0.717) is 0 Å². The van der Waals surface area contributed by atoms with Gasteiger partial charge in [0.2, 0.25) is 0 Å². The van der Waals surface area contributed by atoms with Crippen molar-refractivity contribution in [1.29, 1.82) is 5.26 Å². The van der Waals surface area contributed by atoms with Gasteiger partial charge in [0.1, 0.15) is 6.07 Å². The van der Waals surface area contributed by atoms with Gasteiger partial charge in [0.05, 0.1) is 5.57 Å². The molecule has 0 amide bonds. The van der Waals surface area contributed by atoms with Crippen molar-refractivity contribution in [3.8, 4) is 6.07 Å². The Labute approximate surface area is 110 Å². The molecule has 3 heteroatoms. The van der Waals surface area contributed by atoms with Crippen molar-refractivity contribution in [2.75, 3.05) is 0 Å². The monoisotopic (exact) mass is 291 g/mol. The lowest BCUT2D eigenvalue weighted by molar-refractivity contribution is -0.121. The van der Waals surface area contributed by atoms with Gasteiger partial charge in [-0.1, -0.05) is 48.8 Å². The quantitative estimate of drug-likeness (QED) is 0.611. The van der Waals surface area contributed by atoms with Crippen molar-refractivity contribution in [2.45, 2.75) is 20.8 Å². The molecule has 0 aromatic heterocycles. The molecule has 2 nitrogen and oxygen atoms in total. The first-order valence-corrected chi connectivity index (χ1v) is 6.06. The predicted molar refractivity (Wildman–Crippen MR) is 72.2 cm³/mol. The lowest BCUT2D eigenvalue weighted by Gasteiger charge is -2.15. The highest BCUT2D eigenvalue weighted by atomic mass is 79.9. The van der Waals surface area contributed by atoms with E-state index in [1.165, 1.54) is 0 Å². The van der Waals surface area contributed by atoms with Gasteiger partial charge in [-0.2, -0.15) is 5.26 Å². The fraction of sp³-hybridized carbons (Fsp3) is 0.286. The Morgan fingerprint density at radius 2 is 2.06 bits per heavy atom. The summed E-state index contributed by atoms with van der Waals surface area (Å²) in [5, 5.41) is 9.04. The summed E-state index contributed by atoms with van der Waals surface area (Å²) in [4.78, 5) is 12.0. The van der Waals surface area contributed by atoms with E-state index in [2.05, 4.69) is 15.9 Å². The van der Waals surface area contributed by atoms with Crippen LogP contribution in [0.4, 0.5) is 0 Å². The van der Waals surface area contributed by atoms with Crippen LogP contribution in [0, 0.1) is 16.7 Å². The van der Waals surface area contributed by atoms with Crippen molar-refractivity contribution < 1.29 is 4.79 Å². The summed E-state index contributed by atoms with van der Waals surface area (Å²) in [6, 6.07) is 9.47. The van der Waals surface area contributed by atoms with Crippen LogP contribution in [0.3, 0.4) is 0 Å². The molecule has 0 N–H and O–H groups in total. The number of carbonyl (C=O) groups is 1. The molecule has 0 unspecified atom stereocenters. The number of benzene rings is 1. The molecular weight excluding hydrogens is 278 g/mol. The molecule has 0 radical (unpaired) electrons. The van der Waals surface area contributed by atoms with Crippen molar-refractivity contribution in [2.24, 2.45) is 5.41 Å². The molecule has 1 aromatic rings. The molecular formula is C14H14BrNO. The number of carbonyl (C=O) groups excluding carboxylic acids is 1. The molecule has 0 aliphatic carbocycles. The summed E-state index contributed by atoms with van der Waals surface area (Å²) >= 11 is 3.35. The van der Waals surface area contributed by atoms with Crippen molar-refractivity contribution >= 4 is 27.8 Å². The van der Waals surface area contributed by atoms with Gasteiger partial charge in [0.25, 0.3) is 0 Å². The van der Waals surface area contributed by atoms with Gasteiger partial charge < -0.3 is 0 Å². The minimum Gasteiger partial charge on any atom is -0.293 e. The van der Waals surface area contributed by atoms with E-state index < -0.39 is 5.41 Å². The Hall–Kier alpha value is -1.40. The number of hydrogen-bond donors (Lipinski definition) is 0. The fourth-order valence-electron chi connectivity index (χ4n) is 1.32. The summed E-state index contributed by atoms with van der Waals surface area (Å²) in [6.07, 6.45) is 1.62. The van der Waals surface area contributed by atoms with Crippen molar-refractivity contribution in [1.82, 2.24) is 0 Å². The van der Waals surface area contributed by atoms with E-state index in [0.717, 1.165) is 10.0 Å². The van der Waals surface area contributed by atoms with Crippen LogP contribution in [0.25, 0.3) is 6.08 Å². The van der Waals surface area contributed by atoms with Crippen molar-refractivity contribution in [3.63, 3.8) is 0 Å². The smallest absolute Gasteiger partial charge is 0.178 e. The Bertz CT molecular complexity index is 504. The third-order valence-corrected chi connectivity index (χ3v) is 2.70. The number of hydrogen-bond acceptors (Lipinski definition) is 2. The van der Waals surface area contributed by atoms with Gasteiger partial charge >= 0.3 is 0 Å². The standard InChI is InChI=1S/C14H14BrNO/c1-14(2,3)13(17)11(9-16)7-10-5-4-6-12(15)8-10/h4-8H,1-3H3/b11-7+. The summed E-state index contributed by atoms with van der Waals surface area (Å²) in [7, 11) is 0. The van der Waals surface area contributed by atoms with Gasteiger partial charge in [-0.25, -0.2) is 0 Å². The van der Waals surface area contributed by atoms with E-state index >= 15 is 0 Å². The van der Waals surface area contributed by atoms with Gasteiger partial charge in [-0.05, 0) is 23.8 Å². The molecule has 0 atom stereocenters. The molecule has 1 rings (SSSR count). The Morgan fingerprint density at radius 1 is 1.41 bits per heavy atom. The molecule has 88 valence electrons. The molecule has 0 saturated heterocycles. The highest BCUT2D eigenvalue weighted by Gasteiger charge is 2.24. The molecule has 0 saturated carbocycles. The Kier molecular flexibility index (Phi) is 4.25. The van der Waals surface area contributed by atoms with Crippen molar-refractivity contribution in [3.05, 3.63) is 39.9 Å². The zero-order chi connectivity index (χ0) is 13.1. The molecule has 0 aliphatic rings. The van der Waals surface area contributed by atoms with E-state index in [1.54, 1.807) is 26.8 Å². The first-order chi connectivity index (χ1) is 7.84. The SMILES string of the molecule is CC(C)(C)C(=O)/C(C#N)=C/c1cccc(Br)c1. The van der Waals surface area contributed by atoms with Gasteiger partial charge in [-0.15, -0.1) is 0 Å². The third-order valence-electron chi connectivity index (χ3n) is 2.21. The van der Waals surface area contributed by atoms with Gasteiger partial charge in [-0.3, -0.25) is 4.79 Å². The largest absolute Gasteiger partial charge is 0.293 e. The normalized spacial score (nSPS) is 12.1. The first-order valence-electron chi connectivity index (χ1n) is 5.27. The van der Waals surface area contributed by atoms with Crippen LogP contribution in [0.2, 0.25) is 0 Å². The maximum absolute atomic E-state index is 12.0. The number of ketones is 1. The van der Waals surface area contributed by atoms with Gasteiger partial charge in [0, 0.05) is 9.89 Å². The first kappa shape index (κ1) is 13.7. The van der Waals surface area contributed by atoms with E-state index in [1.807, 2.05) is 30.3 Å². The second kappa shape index (κ2) is 5.29. The highest BCUT2D eigenvalue weighted by Crippen LogP contribution is 2.22. The van der Waals surface area contributed by atoms with E-state index in [4.69, 9.17) is 5.26 Å². The molecule has 0 heterocycles. The van der Waals surface area contributed by atoms with Gasteiger partial charge in [0.15, 0.2) is 5.78 Å². The van der Waals surface area contributed by atoms with Crippen LogP contribution in [0.5, 0.6) is 0 Å². The topological polar surface area (TPSA) is 40.9 Å². The molecule has 0 fully saturated rings. The molecule has 17 heavy (non-hydrogen) atoms. The number of Topliss-reactive ketones (excluding diaryl/α,β-unsaturated/α-hetero) is 1. The average Bonchev–Trinajstić information content (AvgIpc) is 2.24. The molecule has 0 bridgehead atoms. The Balaban J connectivity index is 3.13.